The number of nitrogens with zero attached hydrogens (tertiary/aromatic N) is 3. The summed E-state index contributed by atoms with van der Waals surface area (Å²) in [6.45, 7) is 1.29. The van der Waals surface area contributed by atoms with Crippen molar-refractivity contribution < 1.29 is 22.4 Å². The number of benzene rings is 1. The maximum absolute atomic E-state index is 14.7. The van der Waals surface area contributed by atoms with Gasteiger partial charge in [-0.1, -0.05) is 0 Å². The van der Waals surface area contributed by atoms with Crippen LogP contribution in [0.1, 0.15) is 53.0 Å². The van der Waals surface area contributed by atoms with Gasteiger partial charge in [-0.25, -0.2) is 9.07 Å². The van der Waals surface area contributed by atoms with Crippen LogP contribution in [0.5, 0.6) is 0 Å². The van der Waals surface area contributed by atoms with Gasteiger partial charge in [-0.2, -0.15) is 18.3 Å². The van der Waals surface area contributed by atoms with E-state index in [9.17, 15) is 22.4 Å². The zero-order chi connectivity index (χ0) is 19.2. The van der Waals surface area contributed by atoms with Crippen molar-refractivity contribution in [2.24, 2.45) is 0 Å². The average Bonchev–Trinajstić information content (AvgIpc) is 3.29. The number of halogens is 4. The van der Waals surface area contributed by atoms with Gasteiger partial charge < -0.3 is 4.90 Å². The molecule has 4 rings (SSSR count). The molecule has 1 aliphatic heterocycles. The number of likely N-dealkylation sites (tertiary alicyclic amines) is 1. The number of aromatic nitrogens is 2. The second-order valence-corrected chi connectivity index (χ2v) is 7.06. The summed E-state index contributed by atoms with van der Waals surface area (Å²) in [5.74, 6) is -0.999. The summed E-state index contributed by atoms with van der Waals surface area (Å²) in [6.07, 6.45) is -0.618. The quantitative estimate of drug-likeness (QED) is 0.733. The van der Waals surface area contributed by atoms with E-state index in [1.54, 1.807) is 4.90 Å². The van der Waals surface area contributed by atoms with Gasteiger partial charge in [0.15, 0.2) is 5.69 Å². The predicted octanol–water partition coefficient (Wildman–Crippen LogP) is 4.15. The van der Waals surface area contributed by atoms with Crippen molar-refractivity contribution in [1.29, 1.82) is 0 Å². The zero-order valence-corrected chi connectivity index (χ0v) is 14.7. The van der Waals surface area contributed by atoms with Crippen LogP contribution in [-0.2, 0) is 19.0 Å². The van der Waals surface area contributed by atoms with Gasteiger partial charge in [0, 0.05) is 29.9 Å². The van der Waals surface area contributed by atoms with Gasteiger partial charge >= 0.3 is 6.18 Å². The third-order valence-electron chi connectivity index (χ3n) is 5.26. The molecule has 8 heteroatoms. The van der Waals surface area contributed by atoms with E-state index in [2.05, 4.69) is 5.10 Å². The molecule has 0 saturated carbocycles. The van der Waals surface area contributed by atoms with E-state index < -0.39 is 17.7 Å². The molecule has 0 bridgehead atoms. The summed E-state index contributed by atoms with van der Waals surface area (Å²) in [4.78, 5) is 14.1. The highest BCUT2D eigenvalue weighted by atomic mass is 19.4. The summed E-state index contributed by atoms with van der Waals surface area (Å²) in [5.41, 5.74) is -0.220. The summed E-state index contributed by atoms with van der Waals surface area (Å²) in [7, 11) is 0. The highest BCUT2D eigenvalue weighted by Crippen LogP contribution is 2.37. The molecule has 2 heterocycles. The van der Waals surface area contributed by atoms with E-state index >= 15 is 0 Å². The molecular formula is C19H19F4N3O. The number of amides is 1. The SMILES string of the molecule is O=C(c1ccc(-n2nc(C(F)(F)F)c3c2CCCC3)c(F)c1)N1CCCC1. The van der Waals surface area contributed by atoms with Gasteiger partial charge in [-0.15, -0.1) is 0 Å². The first kappa shape index (κ1) is 18.0. The van der Waals surface area contributed by atoms with Crippen LogP contribution in [0.3, 0.4) is 0 Å². The van der Waals surface area contributed by atoms with E-state index in [0.717, 1.165) is 30.0 Å². The molecule has 27 heavy (non-hydrogen) atoms. The van der Waals surface area contributed by atoms with Gasteiger partial charge in [0.25, 0.3) is 5.91 Å². The van der Waals surface area contributed by atoms with Crippen LogP contribution in [0, 0.1) is 5.82 Å². The number of hydrogen-bond acceptors (Lipinski definition) is 2. The Balaban J connectivity index is 1.74. The van der Waals surface area contributed by atoms with Crippen LogP contribution in [0.15, 0.2) is 18.2 Å². The molecule has 0 radical (unpaired) electrons. The molecule has 0 atom stereocenters. The molecule has 1 aromatic carbocycles. The van der Waals surface area contributed by atoms with Gasteiger partial charge in [0.1, 0.15) is 11.5 Å². The number of carbonyl (C=O) groups is 1. The molecule has 4 nitrogen and oxygen atoms in total. The number of rotatable bonds is 2. The molecule has 1 fully saturated rings. The first-order chi connectivity index (χ1) is 12.9. The molecule has 2 aliphatic rings. The van der Waals surface area contributed by atoms with Crippen molar-refractivity contribution in [2.45, 2.75) is 44.7 Å². The Morgan fingerprint density at radius 3 is 2.41 bits per heavy atom. The number of hydrogen-bond donors (Lipinski definition) is 0. The van der Waals surface area contributed by atoms with Crippen molar-refractivity contribution in [3.63, 3.8) is 0 Å². The maximum atomic E-state index is 14.7. The van der Waals surface area contributed by atoms with Crippen LogP contribution in [-0.4, -0.2) is 33.7 Å². The standard InChI is InChI=1S/C19H19F4N3O/c20-14-11-12(18(27)25-9-3-4-10-25)7-8-16(14)26-15-6-2-1-5-13(15)17(24-26)19(21,22)23/h7-8,11H,1-6,9-10H2. The van der Waals surface area contributed by atoms with Crippen molar-refractivity contribution >= 4 is 5.91 Å². The Kier molecular flexibility index (Phi) is 4.44. The third kappa shape index (κ3) is 3.21. The number of carbonyl (C=O) groups excluding carboxylic acids is 1. The topological polar surface area (TPSA) is 38.1 Å². The Labute approximate surface area is 153 Å². The minimum absolute atomic E-state index is 0.0541. The lowest BCUT2D eigenvalue weighted by molar-refractivity contribution is -0.142. The van der Waals surface area contributed by atoms with Gasteiger partial charge in [0.2, 0.25) is 0 Å². The van der Waals surface area contributed by atoms with Crippen LogP contribution >= 0.6 is 0 Å². The average molecular weight is 381 g/mol. The molecular weight excluding hydrogens is 362 g/mol. The molecule has 1 saturated heterocycles. The van der Waals surface area contributed by atoms with E-state index in [0.29, 0.717) is 31.6 Å². The molecule has 0 unspecified atom stereocenters. The van der Waals surface area contributed by atoms with Crippen molar-refractivity contribution in [1.82, 2.24) is 14.7 Å². The first-order valence-electron chi connectivity index (χ1n) is 9.13. The second-order valence-electron chi connectivity index (χ2n) is 7.06. The summed E-state index contributed by atoms with van der Waals surface area (Å²) in [6, 6.07) is 3.91. The highest BCUT2D eigenvalue weighted by Gasteiger charge is 2.40. The van der Waals surface area contributed by atoms with E-state index in [-0.39, 0.29) is 29.1 Å². The normalized spacial score (nSPS) is 17.3. The van der Waals surface area contributed by atoms with Gasteiger partial charge in [0.05, 0.1) is 0 Å². The van der Waals surface area contributed by atoms with Gasteiger partial charge in [-0.3, -0.25) is 4.79 Å². The Hall–Kier alpha value is -2.38. The largest absolute Gasteiger partial charge is 0.435 e. The van der Waals surface area contributed by atoms with Crippen LogP contribution in [0.2, 0.25) is 0 Å². The Morgan fingerprint density at radius 1 is 1.04 bits per heavy atom. The predicted molar refractivity (Wildman–Crippen MR) is 90.3 cm³/mol. The number of alkyl halides is 3. The zero-order valence-electron chi connectivity index (χ0n) is 14.7. The molecule has 0 spiro atoms. The minimum Gasteiger partial charge on any atom is -0.339 e. The van der Waals surface area contributed by atoms with Crippen LogP contribution < -0.4 is 0 Å². The summed E-state index contributed by atoms with van der Waals surface area (Å²) >= 11 is 0. The van der Waals surface area contributed by atoms with Crippen LogP contribution in [0.4, 0.5) is 17.6 Å². The molecule has 1 aromatic heterocycles. The second kappa shape index (κ2) is 6.65. The van der Waals surface area contributed by atoms with Crippen molar-refractivity contribution in [3.05, 3.63) is 46.5 Å². The molecule has 1 aliphatic carbocycles. The van der Waals surface area contributed by atoms with Gasteiger partial charge in [-0.05, 0) is 56.7 Å². The molecule has 0 N–H and O–H groups in total. The van der Waals surface area contributed by atoms with Crippen molar-refractivity contribution in [2.75, 3.05) is 13.1 Å². The van der Waals surface area contributed by atoms with Crippen LogP contribution in [0.25, 0.3) is 5.69 Å². The third-order valence-corrected chi connectivity index (χ3v) is 5.26. The monoisotopic (exact) mass is 381 g/mol. The fourth-order valence-corrected chi connectivity index (χ4v) is 3.94. The highest BCUT2D eigenvalue weighted by molar-refractivity contribution is 5.94. The lowest BCUT2D eigenvalue weighted by atomic mass is 9.95. The van der Waals surface area contributed by atoms with Crippen molar-refractivity contribution in [3.8, 4) is 5.69 Å². The fraction of sp³-hybridized carbons (Fsp3) is 0.474. The van der Waals surface area contributed by atoms with E-state index in [1.165, 1.54) is 12.1 Å². The lowest BCUT2D eigenvalue weighted by Crippen LogP contribution is -2.27. The number of fused-ring (bicyclic) bond motifs is 1. The van der Waals surface area contributed by atoms with E-state index in [4.69, 9.17) is 0 Å². The molecule has 2 aromatic rings. The maximum Gasteiger partial charge on any atom is 0.435 e. The smallest absolute Gasteiger partial charge is 0.339 e. The summed E-state index contributed by atoms with van der Waals surface area (Å²) < 4.78 is 55.8. The lowest BCUT2D eigenvalue weighted by Gasteiger charge is -2.17. The fourth-order valence-electron chi connectivity index (χ4n) is 3.94. The first-order valence-corrected chi connectivity index (χ1v) is 9.13. The summed E-state index contributed by atoms with van der Waals surface area (Å²) in [5, 5.41) is 3.70. The minimum atomic E-state index is -4.57. The Bertz CT molecular complexity index is 882. The Morgan fingerprint density at radius 2 is 1.74 bits per heavy atom. The molecule has 144 valence electrons. The molecule has 1 amide bonds. The van der Waals surface area contributed by atoms with E-state index in [1.807, 2.05) is 0 Å².